The number of anilines is 1. The van der Waals surface area contributed by atoms with Crippen LogP contribution in [0.1, 0.15) is 12.0 Å². The Bertz CT molecular complexity index is 983. The first kappa shape index (κ1) is 18.0. The van der Waals surface area contributed by atoms with Crippen LogP contribution in [0.5, 0.6) is 0 Å². The van der Waals surface area contributed by atoms with Crippen molar-refractivity contribution in [2.45, 2.75) is 19.4 Å². The molecule has 7 nitrogen and oxygen atoms in total. The summed E-state index contributed by atoms with van der Waals surface area (Å²) in [7, 11) is 0. The topological polar surface area (TPSA) is 79.3 Å². The van der Waals surface area contributed by atoms with Crippen LogP contribution in [0.25, 0.3) is 11.0 Å². The highest BCUT2D eigenvalue weighted by atomic mass is 16.2. The Morgan fingerprint density at radius 3 is 2.57 bits per heavy atom. The first-order valence-corrected chi connectivity index (χ1v) is 9.53. The number of para-hydroxylation sites is 2. The number of benzene rings is 2. The summed E-state index contributed by atoms with van der Waals surface area (Å²) in [5.41, 5.74) is 3.10. The number of nitrogens with one attached hydrogen (secondary N) is 2. The Kier molecular flexibility index (Phi) is 5.23. The average Bonchev–Trinajstić information content (AvgIpc) is 3.28. The zero-order valence-corrected chi connectivity index (χ0v) is 15.6. The molecule has 0 unspecified atom stereocenters. The van der Waals surface area contributed by atoms with Crippen molar-refractivity contribution in [2.24, 2.45) is 0 Å². The van der Waals surface area contributed by atoms with Crippen molar-refractivity contribution >= 4 is 28.9 Å². The van der Waals surface area contributed by atoms with Crippen LogP contribution in [0.4, 0.5) is 10.7 Å². The molecule has 2 heterocycles. The molecule has 0 saturated carbocycles. The second kappa shape index (κ2) is 8.12. The Morgan fingerprint density at radius 1 is 0.929 bits per heavy atom. The largest absolute Gasteiger partial charge is 0.356 e. The molecule has 3 aromatic rings. The Balaban J connectivity index is 1.23. The van der Waals surface area contributed by atoms with E-state index in [1.807, 2.05) is 59.2 Å². The zero-order valence-electron chi connectivity index (χ0n) is 15.6. The number of hydrogen-bond acceptors (Lipinski definition) is 3. The van der Waals surface area contributed by atoms with E-state index in [0.29, 0.717) is 25.6 Å². The summed E-state index contributed by atoms with van der Waals surface area (Å²) in [6, 6.07) is 17.7. The molecule has 0 spiro atoms. The highest BCUT2D eigenvalue weighted by Crippen LogP contribution is 2.26. The maximum absolute atomic E-state index is 12.5. The third-order valence-electron chi connectivity index (χ3n) is 4.88. The van der Waals surface area contributed by atoms with Gasteiger partial charge in [-0.05, 0) is 24.1 Å². The normalized spacial score (nSPS) is 12.8. The monoisotopic (exact) mass is 377 g/mol. The minimum atomic E-state index is -0.217. The van der Waals surface area contributed by atoms with Gasteiger partial charge in [-0.2, -0.15) is 0 Å². The number of hydrogen-bond donors (Lipinski definition) is 2. The number of aromatic nitrogens is 2. The third kappa shape index (κ3) is 3.83. The third-order valence-corrected chi connectivity index (χ3v) is 4.88. The molecule has 1 aliphatic heterocycles. The van der Waals surface area contributed by atoms with Crippen molar-refractivity contribution < 1.29 is 9.59 Å². The van der Waals surface area contributed by atoms with Gasteiger partial charge in [0, 0.05) is 32.6 Å². The predicted octanol–water partition coefficient (Wildman–Crippen LogP) is 2.31. The van der Waals surface area contributed by atoms with Crippen LogP contribution in [0.3, 0.4) is 0 Å². The lowest BCUT2D eigenvalue weighted by molar-refractivity contribution is -0.120. The van der Waals surface area contributed by atoms with Crippen molar-refractivity contribution in [1.82, 2.24) is 20.2 Å². The van der Waals surface area contributed by atoms with Gasteiger partial charge in [-0.15, -0.1) is 0 Å². The fraction of sp³-hybridized carbons (Fsp3) is 0.286. The summed E-state index contributed by atoms with van der Waals surface area (Å²) in [6.07, 6.45) is 1.05. The number of nitrogens with zero attached hydrogens (tertiary/aromatic N) is 3. The van der Waals surface area contributed by atoms with E-state index in [2.05, 4.69) is 15.6 Å². The zero-order chi connectivity index (χ0) is 19.3. The molecular weight excluding hydrogens is 354 g/mol. The van der Waals surface area contributed by atoms with Gasteiger partial charge in [-0.25, -0.2) is 9.78 Å². The average molecular weight is 377 g/mol. The van der Waals surface area contributed by atoms with Gasteiger partial charge in [0.1, 0.15) is 0 Å². The van der Waals surface area contributed by atoms with Crippen molar-refractivity contribution in [3.63, 3.8) is 0 Å². The predicted molar refractivity (Wildman–Crippen MR) is 108 cm³/mol. The molecule has 4 rings (SSSR count). The number of urea groups is 1. The lowest BCUT2D eigenvalue weighted by atomic mass is 10.1. The van der Waals surface area contributed by atoms with E-state index in [-0.39, 0.29) is 18.4 Å². The van der Waals surface area contributed by atoms with Crippen molar-refractivity contribution in [3.05, 3.63) is 60.2 Å². The van der Waals surface area contributed by atoms with E-state index in [4.69, 9.17) is 0 Å². The van der Waals surface area contributed by atoms with Gasteiger partial charge < -0.3 is 15.2 Å². The second-order valence-electron chi connectivity index (χ2n) is 6.77. The molecule has 0 saturated heterocycles. The quantitative estimate of drug-likeness (QED) is 0.692. The molecule has 2 N–H and O–H groups in total. The molecule has 0 aliphatic carbocycles. The molecule has 0 atom stereocenters. The molecule has 1 aromatic heterocycles. The number of carbonyl (C=O) groups is 2. The Labute approximate surface area is 163 Å². The number of fused-ring (bicyclic) bond motifs is 3. The molecule has 0 radical (unpaired) electrons. The van der Waals surface area contributed by atoms with Gasteiger partial charge in [0.2, 0.25) is 11.9 Å². The molecule has 3 amide bonds. The standard InChI is InChI=1S/C21H23N5O2/c27-19(22-12-10-16-6-2-1-3-7-16)11-13-23-21(28)26-15-14-25-18-9-5-4-8-17(18)24-20(25)26/h1-9H,10-15H2,(H,22,27)(H,23,28). The van der Waals surface area contributed by atoms with E-state index >= 15 is 0 Å². The molecule has 0 bridgehead atoms. The Hall–Kier alpha value is -3.35. The van der Waals surface area contributed by atoms with Crippen LogP contribution < -0.4 is 15.5 Å². The van der Waals surface area contributed by atoms with Crippen LogP contribution in [-0.2, 0) is 17.8 Å². The lowest BCUT2D eigenvalue weighted by Gasteiger charge is -2.15. The Morgan fingerprint density at radius 2 is 1.71 bits per heavy atom. The van der Waals surface area contributed by atoms with Crippen molar-refractivity contribution in [1.29, 1.82) is 0 Å². The summed E-state index contributed by atoms with van der Waals surface area (Å²) in [6.45, 7) is 2.20. The molecule has 144 valence electrons. The summed E-state index contributed by atoms with van der Waals surface area (Å²) in [5, 5.41) is 5.71. The second-order valence-corrected chi connectivity index (χ2v) is 6.77. The van der Waals surface area contributed by atoms with Gasteiger partial charge in [0.25, 0.3) is 0 Å². The van der Waals surface area contributed by atoms with Gasteiger partial charge in [-0.1, -0.05) is 42.5 Å². The van der Waals surface area contributed by atoms with Crippen LogP contribution in [-0.4, -0.2) is 41.1 Å². The number of amides is 3. The SMILES string of the molecule is O=C(CCNC(=O)N1CCn2c1nc1ccccc12)NCCc1ccccc1. The maximum atomic E-state index is 12.5. The highest BCUT2D eigenvalue weighted by molar-refractivity contribution is 5.94. The first-order valence-electron chi connectivity index (χ1n) is 9.53. The van der Waals surface area contributed by atoms with Gasteiger partial charge in [-0.3, -0.25) is 9.69 Å². The summed E-state index contributed by atoms with van der Waals surface area (Å²) in [5.74, 6) is 0.593. The number of carbonyl (C=O) groups excluding carboxylic acids is 2. The summed E-state index contributed by atoms with van der Waals surface area (Å²) < 4.78 is 2.05. The number of imidazole rings is 1. The fourth-order valence-corrected chi connectivity index (χ4v) is 3.44. The summed E-state index contributed by atoms with van der Waals surface area (Å²) in [4.78, 5) is 30.6. The molecule has 1 aliphatic rings. The molecule has 28 heavy (non-hydrogen) atoms. The van der Waals surface area contributed by atoms with E-state index < -0.39 is 0 Å². The summed E-state index contributed by atoms with van der Waals surface area (Å²) >= 11 is 0. The van der Waals surface area contributed by atoms with E-state index in [9.17, 15) is 9.59 Å². The lowest BCUT2D eigenvalue weighted by Crippen LogP contribution is -2.41. The van der Waals surface area contributed by atoms with E-state index in [1.54, 1.807) is 4.90 Å². The molecular formula is C21H23N5O2. The molecule has 7 heteroatoms. The van der Waals surface area contributed by atoms with Gasteiger partial charge in [0.05, 0.1) is 11.0 Å². The van der Waals surface area contributed by atoms with Gasteiger partial charge >= 0.3 is 6.03 Å². The first-order chi connectivity index (χ1) is 13.7. The van der Waals surface area contributed by atoms with Crippen molar-refractivity contribution in [2.75, 3.05) is 24.5 Å². The van der Waals surface area contributed by atoms with Crippen LogP contribution in [0, 0.1) is 0 Å². The molecule has 2 aromatic carbocycles. The van der Waals surface area contributed by atoms with E-state index in [1.165, 1.54) is 5.56 Å². The molecule has 0 fully saturated rings. The highest BCUT2D eigenvalue weighted by Gasteiger charge is 2.28. The minimum absolute atomic E-state index is 0.0649. The van der Waals surface area contributed by atoms with E-state index in [0.717, 1.165) is 24.0 Å². The number of rotatable bonds is 6. The van der Waals surface area contributed by atoms with Crippen LogP contribution >= 0.6 is 0 Å². The van der Waals surface area contributed by atoms with Crippen LogP contribution in [0.2, 0.25) is 0 Å². The fourth-order valence-electron chi connectivity index (χ4n) is 3.44. The van der Waals surface area contributed by atoms with Crippen molar-refractivity contribution in [3.8, 4) is 0 Å². The maximum Gasteiger partial charge on any atom is 0.324 e. The minimum Gasteiger partial charge on any atom is -0.356 e. The van der Waals surface area contributed by atoms with Gasteiger partial charge in [0.15, 0.2) is 0 Å². The smallest absolute Gasteiger partial charge is 0.324 e. The van der Waals surface area contributed by atoms with Crippen LogP contribution in [0.15, 0.2) is 54.6 Å².